The lowest BCUT2D eigenvalue weighted by Gasteiger charge is -2.26. The molecule has 3 aromatic rings. The van der Waals surface area contributed by atoms with Crippen LogP contribution in [0.25, 0.3) is 5.69 Å². The third-order valence-electron chi connectivity index (χ3n) is 4.68. The molecule has 0 spiro atoms. The Morgan fingerprint density at radius 3 is 2.43 bits per heavy atom. The minimum atomic E-state index is -0.444. The molecule has 0 aliphatic heterocycles. The smallest absolute Gasteiger partial charge is 0.227 e. The first-order valence-electron chi connectivity index (χ1n) is 10.3. The molecule has 1 N–H and O–H groups in total. The van der Waals surface area contributed by atoms with Gasteiger partial charge in [-0.3, -0.25) is 4.90 Å². The first-order valence-corrected chi connectivity index (χ1v) is 10.3. The first kappa shape index (κ1) is 22.0. The van der Waals surface area contributed by atoms with E-state index < -0.39 is 6.10 Å². The van der Waals surface area contributed by atoms with Crippen LogP contribution in [0.1, 0.15) is 32.0 Å². The van der Waals surface area contributed by atoms with Crippen LogP contribution < -0.4 is 4.74 Å². The van der Waals surface area contributed by atoms with Crippen molar-refractivity contribution in [1.29, 1.82) is 0 Å². The third-order valence-corrected chi connectivity index (χ3v) is 4.68. The second-order valence-electron chi connectivity index (χ2n) is 8.11. The Kier molecular flexibility index (Phi) is 7.24. The quantitative estimate of drug-likeness (QED) is 0.541. The van der Waals surface area contributed by atoms with E-state index in [1.807, 2.05) is 37.3 Å². The summed E-state index contributed by atoms with van der Waals surface area (Å²) in [6.07, 6.45) is -0.444. The summed E-state index contributed by atoms with van der Waals surface area (Å²) >= 11 is 0. The maximum atomic E-state index is 13.8. The van der Waals surface area contributed by atoms with Gasteiger partial charge in [-0.1, -0.05) is 38.1 Å². The van der Waals surface area contributed by atoms with E-state index in [9.17, 15) is 9.50 Å². The largest absolute Gasteiger partial charge is 0.438 e. The topological polar surface area (TPSA) is 50.5 Å². The van der Waals surface area contributed by atoms with Crippen LogP contribution in [0.15, 0.2) is 54.6 Å². The van der Waals surface area contributed by atoms with Gasteiger partial charge >= 0.3 is 0 Å². The van der Waals surface area contributed by atoms with Crippen LogP contribution in [0.2, 0.25) is 0 Å². The van der Waals surface area contributed by atoms with Gasteiger partial charge in [-0.25, -0.2) is 9.07 Å². The molecule has 0 saturated heterocycles. The Balaban J connectivity index is 2.03. The number of halogens is 1. The van der Waals surface area contributed by atoms with Gasteiger partial charge in [-0.05, 0) is 44.0 Å². The molecular weight excluding hydrogens is 381 g/mol. The summed E-state index contributed by atoms with van der Waals surface area (Å²) in [5, 5.41) is 14.7. The van der Waals surface area contributed by atoms with Crippen molar-refractivity contribution < 1.29 is 14.2 Å². The summed E-state index contributed by atoms with van der Waals surface area (Å²) in [5.41, 5.74) is 2.62. The molecule has 0 aliphatic carbocycles. The SMILES string of the molecule is Cc1nn(-c2ccccc2)c(Oc2cccc(F)c2)c1CN(CC(C)C)C[C@@H](C)O. The van der Waals surface area contributed by atoms with Crippen molar-refractivity contribution in [3.63, 3.8) is 0 Å². The van der Waals surface area contributed by atoms with Crippen molar-refractivity contribution in [1.82, 2.24) is 14.7 Å². The maximum Gasteiger partial charge on any atom is 0.227 e. The van der Waals surface area contributed by atoms with Gasteiger partial charge in [0.2, 0.25) is 5.88 Å². The molecule has 0 amide bonds. The van der Waals surface area contributed by atoms with Crippen LogP contribution in [-0.4, -0.2) is 39.0 Å². The second kappa shape index (κ2) is 9.87. The molecular formula is C24H30FN3O2. The summed E-state index contributed by atoms with van der Waals surface area (Å²) in [6.45, 7) is 10.00. The number of aryl methyl sites for hydroxylation is 1. The fourth-order valence-corrected chi connectivity index (χ4v) is 3.53. The lowest BCUT2D eigenvalue weighted by atomic mass is 10.1. The summed E-state index contributed by atoms with van der Waals surface area (Å²) in [7, 11) is 0. The molecule has 0 aliphatic rings. The number of rotatable bonds is 9. The number of ether oxygens (including phenoxy) is 1. The number of nitrogens with zero attached hydrogens (tertiary/aromatic N) is 3. The monoisotopic (exact) mass is 411 g/mol. The molecule has 30 heavy (non-hydrogen) atoms. The summed E-state index contributed by atoms with van der Waals surface area (Å²) in [4.78, 5) is 2.20. The number of hydrogen-bond acceptors (Lipinski definition) is 4. The van der Waals surface area contributed by atoms with E-state index in [2.05, 4.69) is 18.7 Å². The first-order chi connectivity index (χ1) is 14.3. The Hall–Kier alpha value is -2.70. The minimum absolute atomic E-state index is 0.355. The van der Waals surface area contributed by atoms with Crippen molar-refractivity contribution in [3.05, 3.63) is 71.7 Å². The van der Waals surface area contributed by atoms with Crippen LogP contribution in [0.3, 0.4) is 0 Å². The van der Waals surface area contributed by atoms with Gasteiger partial charge in [0, 0.05) is 25.7 Å². The van der Waals surface area contributed by atoms with Crippen molar-refractivity contribution >= 4 is 0 Å². The average Bonchev–Trinajstić information content (AvgIpc) is 2.97. The van der Waals surface area contributed by atoms with E-state index in [1.165, 1.54) is 12.1 Å². The van der Waals surface area contributed by atoms with Crippen LogP contribution in [0.4, 0.5) is 4.39 Å². The van der Waals surface area contributed by atoms with Crippen LogP contribution in [0, 0.1) is 18.7 Å². The van der Waals surface area contributed by atoms with Gasteiger partial charge in [-0.2, -0.15) is 5.10 Å². The number of hydrogen-bond donors (Lipinski definition) is 1. The van der Waals surface area contributed by atoms with Gasteiger partial charge in [0.05, 0.1) is 23.0 Å². The molecule has 0 fully saturated rings. The number of aromatic nitrogens is 2. The minimum Gasteiger partial charge on any atom is -0.438 e. The van der Waals surface area contributed by atoms with E-state index in [4.69, 9.17) is 9.84 Å². The van der Waals surface area contributed by atoms with Crippen molar-refractivity contribution in [3.8, 4) is 17.3 Å². The molecule has 6 heteroatoms. The standard InChI is InChI=1S/C24H30FN3O2/c1-17(2)14-27(15-18(3)29)16-23-19(4)26-28(21-10-6-5-7-11-21)24(23)30-22-12-8-9-20(25)13-22/h5-13,17-18,29H,14-16H2,1-4H3/t18-/m1/s1. The summed E-state index contributed by atoms with van der Waals surface area (Å²) in [5.74, 6) is 1.07. The molecule has 0 saturated carbocycles. The average molecular weight is 412 g/mol. The van der Waals surface area contributed by atoms with Crippen molar-refractivity contribution in [2.24, 2.45) is 5.92 Å². The van der Waals surface area contributed by atoms with E-state index >= 15 is 0 Å². The number of para-hydroxylation sites is 1. The zero-order valence-electron chi connectivity index (χ0n) is 18.0. The van der Waals surface area contributed by atoms with Gasteiger partial charge < -0.3 is 9.84 Å². The van der Waals surface area contributed by atoms with Crippen LogP contribution in [0.5, 0.6) is 11.6 Å². The highest BCUT2D eigenvalue weighted by atomic mass is 19.1. The van der Waals surface area contributed by atoms with Gasteiger partial charge in [0.25, 0.3) is 0 Å². The van der Waals surface area contributed by atoms with Crippen LogP contribution >= 0.6 is 0 Å². The van der Waals surface area contributed by atoms with E-state index in [-0.39, 0.29) is 5.82 Å². The Morgan fingerprint density at radius 1 is 1.07 bits per heavy atom. The van der Waals surface area contributed by atoms with Crippen LogP contribution in [-0.2, 0) is 6.54 Å². The molecule has 1 aromatic heterocycles. The second-order valence-corrected chi connectivity index (χ2v) is 8.11. The fourth-order valence-electron chi connectivity index (χ4n) is 3.53. The molecule has 5 nitrogen and oxygen atoms in total. The summed E-state index contributed by atoms with van der Waals surface area (Å²) < 4.78 is 21.7. The molecule has 0 unspecified atom stereocenters. The van der Waals surface area contributed by atoms with Gasteiger partial charge in [-0.15, -0.1) is 0 Å². The number of aliphatic hydroxyl groups is 1. The zero-order chi connectivity index (χ0) is 21.7. The van der Waals surface area contributed by atoms with E-state index in [0.717, 1.165) is 23.5 Å². The molecule has 160 valence electrons. The Morgan fingerprint density at radius 2 is 1.80 bits per heavy atom. The Labute approximate surface area is 177 Å². The van der Waals surface area contributed by atoms with Gasteiger partial charge in [0.15, 0.2) is 0 Å². The molecule has 1 heterocycles. The maximum absolute atomic E-state index is 13.8. The van der Waals surface area contributed by atoms with Gasteiger partial charge in [0.1, 0.15) is 11.6 Å². The van der Waals surface area contributed by atoms with Crippen molar-refractivity contribution in [2.75, 3.05) is 13.1 Å². The summed E-state index contributed by atoms with van der Waals surface area (Å²) in [6, 6.07) is 15.8. The molecule has 0 radical (unpaired) electrons. The highest BCUT2D eigenvalue weighted by molar-refractivity contribution is 5.43. The fraction of sp³-hybridized carbons (Fsp3) is 0.375. The van der Waals surface area contributed by atoms with Crippen molar-refractivity contribution in [2.45, 2.75) is 40.3 Å². The molecule has 3 rings (SSSR count). The lowest BCUT2D eigenvalue weighted by Crippen LogP contribution is -2.33. The number of aliphatic hydroxyl groups excluding tert-OH is 1. The van der Waals surface area contributed by atoms with E-state index in [0.29, 0.717) is 30.6 Å². The predicted octanol–water partition coefficient (Wildman–Crippen LogP) is 4.95. The predicted molar refractivity (Wildman–Crippen MR) is 117 cm³/mol. The highest BCUT2D eigenvalue weighted by Crippen LogP contribution is 2.32. The van der Waals surface area contributed by atoms with E-state index in [1.54, 1.807) is 23.7 Å². The zero-order valence-corrected chi connectivity index (χ0v) is 18.0. The third kappa shape index (κ3) is 5.68. The normalized spacial score (nSPS) is 12.5. The molecule has 2 aromatic carbocycles. The molecule has 1 atom stereocenters. The number of benzene rings is 2. The lowest BCUT2D eigenvalue weighted by molar-refractivity contribution is 0.114. The highest BCUT2D eigenvalue weighted by Gasteiger charge is 2.22. The molecule has 0 bridgehead atoms. The Bertz CT molecular complexity index is 944.